The van der Waals surface area contributed by atoms with Crippen molar-refractivity contribution in [2.75, 3.05) is 44.0 Å². The maximum Gasteiger partial charge on any atom is 0.261 e. The van der Waals surface area contributed by atoms with Crippen molar-refractivity contribution in [1.29, 1.82) is 0 Å². The van der Waals surface area contributed by atoms with E-state index in [0.29, 0.717) is 24.1 Å². The van der Waals surface area contributed by atoms with Gasteiger partial charge in [0.2, 0.25) is 10.0 Å². The van der Waals surface area contributed by atoms with Gasteiger partial charge in [-0.3, -0.25) is 9.62 Å². The fourth-order valence-electron chi connectivity index (χ4n) is 6.17. The highest BCUT2D eigenvalue weighted by atomic mass is 32.2. The highest BCUT2D eigenvalue weighted by Gasteiger charge is 2.67. The number of piperidine rings is 1. The minimum absolute atomic E-state index is 0.00421. The Bertz CT molecular complexity index is 923. The average Bonchev–Trinajstić information content (AvgIpc) is 3.59. The first-order chi connectivity index (χ1) is 14.7. The van der Waals surface area contributed by atoms with Crippen molar-refractivity contribution < 1.29 is 17.2 Å². The van der Waals surface area contributed by atoms with E-state index in [1.807, 2.05) is 23.1 Å². The lowest BCUT2D eigenvalue weighted by molar-refractivity contribution is 0.0119. The zero-order chi connectivity index (χ0) is 21.9. The van der Waals surface area contributed by atoms with Gasteiger partial charge in [0, 0.05) is 37.2 Å². The van der Waals surface area contributed by atoms with Crippen molar-refractivity contribution in [3.8, 4) is 0 Å². The molecule has 0 bridgehead atoms. The van der Waals surface area contributed by atoms with Crippen LogP contribution in [0.5, 0.6) is 0 Å². The zero-order valence-electron chi connectivity index (χ0n) is 18.2. The maximum atomic E-state index is 13.3. The predicted octanol–water partition coefficient (Wildman–Crippen LogP) is 3.53. The summed E-state index contributed by atoms with van der Waals surface area (Å²) in [5, 5.41) is -0.225. The Hall–Kier alpha value is -1.25. The monoisotopic (exact) mass is 453 g/mol. The molecule has 0 radical (unpaired) electrons. The molecule has 0 aromatic heterocycles. The Balaban J connectivity index is 1.16. The minimum Gasteiger partial charge on any atom is -0.303 e. The fourth-order valence-corrected chi connectivity index (χ4v) is 7.55. The third kappa shape index (κ3) is 4.11. The maximum absolute atomic E-state index is 13.3. The van der Waals surface area contributed by atoms with Crippen LogP contribution in [0.25, 0.3) is 0 Å². The molecule has 2 aliphatic carbocycles. The lowest BCUT2D eigenvalue weighted by Gasteiger charge is -2.27. The molecule has 5 rings (SSSR count). The van der Waals surface area contributed by atoms with Gasteiger partial charge in [-0.25, -0.2) is 17.2 Å². The number of hydrogen-bond donors (Lipinski definition) is 1. The van der Waals surface area contributed by atoms with Crippen LogP contribution < -0.4 is 4.72 Å². The molecule has 8 heteroatoms. The van der Waals surface area contributed by atoms with Crippen LogP contribution in [0.15, 0.2) is 24.3 Å². The van der Waals surface area contributed by atoms with Crippen molar-refractivity contribution in [3.05, 3.63) is 29.8 Å². The lowest BCUT2D eigenvalue weighted by Crippen LogP contribution is -2.33. The van der Waals surface area contributed by atoms with E-state index in [0.717, 1.165) is 51.9 Å². The number of rotatable bonds is 9. The molecular weight excluding hydrogens is 420 g/mol. The van der Waals surface area contributed by atoms with Crippen LogP contribution in [-0.2, 0) is 15.4 Å². The number of alkyl halides is 2. The van der Waals surface area contributed by atoms with Crippen molar-refractivity contribution in [2.24, 2.45) is 11.8 Å². The molecule has 5 nitrogen and oxygen atoms in total. The number of sulfonamides is 1. The van der Waals surface area contributed by atoms with Crippen LogP contribution in [-0.4, -0.2) is 68.7 Å². The Labute approximate surface area is 184 Å². The number of likely N-dealkylation sites (tertiary alicyclic amines) is 2. The summed E-state index contributed by atoms with van der Waals surface area (Å²) in [6.45, 7) is 6.48. The van der Waals surface area contributed by atoms with Crippen molar-refractivity contribution in [2.45, 2.75) is 55.6 Å². The molecule has 31 heavy (non-hydrogen) atoms. The van der Waals surface area contributed by atoms with E-state index in [2.05, 4.69) is 22.6 Å². The molecule has 0 amide bonds. The molecule has 4 fully saturated rings. The number of hydrogen-bond acceptors (Lipinski definition) is 4. The number of anilines is 1. The quantitative estimate of drug-likeness (QED) is 0.622. The highest BCUT2D eigenvalue weighted by molar-refractivity contribution is 7.93. The lowest BCUT2D eigenvalue weighted by atomic mass is 9.87. The minimum atomic E-state index is -3.25. The van der Waals surface area contributed by atoms with Crippen LogP contribution in [0.4, 0.5) is 14.5 Å². The summed E-state index contributed by atoms with van der Waals surface area (Å²) in [4.78, 5) is 4.37. The molecule has 1 aromatic carbocycles. The third-order valence-corrected chi connectivity index (χ3v) is 9.88. The van der Waals surface area contributed by atoms with Crippen LogP contribution in [0.3, 0.4) is 0 Å². The first-order valence-electron chi connectivity index (χ1n) is 11.7. The molecule has 172 valence electrons. The van der Waals surface area contributed by atoms with E-state index in [9.17, 15) is 17.2 Å². The summed E-state index contributed by atoms with van der Waals surface area (Å²) in [7, 11) is -3.25. The number of nitrogens with zero attached hydrogens (tertiary/aromatic N) is 2. The molecule has 4 aliphatic rings. The number of benzene rings is 1. The van der Waals surface area contributed by atoms with Gasteiger partial charge in [-0.15, -0.1) is 0 Å². The van der Waals surface area contributed by atoms with Crippen LogP contribution in [0.1, 0.15) is 44.6 Å². The Kier molecular flexibility index (Phi) is 5.34. The molecule has 2 aliphatic heterocycles. The van der Waals surface area contributed by atoms with E-state index in [1.165, 1.54) is 5.56 Å². The standard InChI is InChI=1S/C23H33F2N3O2S/c1-2-23(17-5-3-6-18(13-17)26-31(29,30)19-7-8-19)20-14-28(15-21(20)23)11-4-10-27-12-9-22(24,25)16-27/h3,5-6,13,19-21,26H,2,4,7-12,14-16H2,1H3. The second kappa shape index (κ2) is 7.66. The van der Waals surface area contributed by atoms with E-state index in [4.69, 9.17) is 0 Å². The van der Waals surface area contributed by atoms with Crippen molar-refractivity contribution in [1.82, 2.24) is 9.80 Å². The molecule has 0 spiro atoms. The first kappa shape index (κ1) is 21.6. The van der Waals surface area contributed by atoms with Gasteiger partial charge in [-0.05, 0) is 68.3 Å². The topological polar surface area (TPSA) is 52.7 Å². The smallest absolute Gasteiger partial charge is 0.261 e. The summed E-state index contributed by atoms with van der Waals surface area (Å²) >= 11 is 0. The molecule has 1 N–H and O–H groups in total. The normalized spacial score (nSPS) is 32.9. The molecule has 1 aromatic rings. The second-order valence-corrected chi connectivity index (χ2v) is 12.0. The highest BCUT2D eigenvalue weighted by Crippen LogP contribution is 2.65. The van der Waals surface area contributed by atoms with Gasteiger partial charge < -0.3 is 4.90 Å². The molecule has 2 saturated carbocycles. The zero-order valence-corrected chi connectivity index (χ0v) is 19.0. The van der Waals surface area contributed by atoms with Gasteiger partial charge in [-0.2, -0.15) is 0 Å². The average molecular weight is 454 g/mol. The van der Waals surface area contributed by atoms with Gasteiger partial charge in [0.25, 0.3) is 5.92 Å². The molecule has 2 unspecified atom stereocenters. The van der Waals surface area contributed by atoms with Crippen LogP contribution in [0.2, 0.25) is 0 Å². The van der Waals surface area contributed by atoms with Crippen LogP contribution in [0, 0.1) is 11.8 Å². The molecule has 2 atom stereocenters. The first-order valence-corrected chi connectivity index (χ1v) is 13.2. The van der Waals surface area contributed by atoms with E-state index >= 15 is 0 Å². The Morgan fingerprint density at radius 1 is 1.13 bits per heavy atom. The van der Waals surface area contributed by atoms with Gasteiger partial charge in [0.1, 0.15) is 0 Å². The summed E-state index contributed by atoms with van der Waals surface area (Å²) in [5.74, 6) is -1.30. The second-order valence-electron chi connectivity index (χ2n) is 10.0. The van der Waals surface area contributed by atoms with Gasteiger partial charge in [0.15, 0.2) is 0 Å². The molecule has 2 heterocycles. The predicted molar refractivity (Wildman–Crippen MR) is 118 cm³/mol. The van der Waals surface area contributed by atoms with Gasteiger partial charge in [-0.1, -0.05) is 19.1 Å². The summed E-state index contributed by atoms with van der Waals surface area (Å²) in [6, 6.07) is 8.00. The number of halogens is 2. The molecule has 2 saturated heterocycles. The summed E-state index contributed by atoms with van der Waals surface area (Å²) in [6.07, 6.45) is 3.50. The number of fused-ring (bicyclic) bond motifs is 1. The van der Waals surface area contributed by atoms with Crippen molar-refractivity contribution in [3.63, 3.8) is 0 Å². The third-order valence-electron chi connectivity index (χ3n) is 8.02. The van der Waals surface area contributed by atoms with E-state index < -0.39 is 15.9 Å². The largest absolute Gasteiger partial charge is 0.303 e. The molecular formula is C23H33F2N3O2S. The van der Waals surface area contributed by atoms with Crippen LogP contribution >= 0.6 is 0 Å². The van der Waals surface area contributed by atoms with Crippen molar-refractivity contribution >= 4 is 15.7 Å². The Morgan fingerprint density at radius 2 is 1.84 bits per heavy atom. The SMILES string of the molecule is CCC1(c2cccc(NS(=O)(=O)C3CC3)c2)C2CN(CCCN3CCC(F)(F)C3)CC21. The van der Waals surface area contributed by atoms with Gasteiger partial charge in [0.05, 0.1) is 11.8 Å². The number of nitrogens with one attached hydrogen (secondary N) is 1. The Morgan fingerprint density at radius 3 is 2.45 bits per heavy atom. The van der Waals surface area contributed by atoms with Gasteiger partial charge >= 0.3 is 0 Å². The van der Waals surface area contributed by atoms with E-state index in [1.54, 1.807) is 0 Å². The summed E-state index contributed by atoms with van der Waals surface area (Å²) < 4.78 is 54.1. The fraction of sp³-hybridized carbons (Fsp3) is 0.739. The van der Waals surface area contributed by atoms with E-state index in [-0.39, 0.29) is 23.6 Å². The summed E-state index contributed by atoms with van der Waals surface area (Å²) in [5.41, 5.74) is 2.08.